The molecule has 0 aromatic carbocycles. The van der Waals surface area contributed by atoms with Crippen LogP contribution in [0.15, 0.2) is 11.6 Å². The molecule has 0 aromatic rings. The van der Waals surface area contributed by atoms with Crippen LogP contribution in [-0.2, 0) is 14.3 Å². The van der Waals surface area contributed by atoms with Gasteiger partial charge in [-0.25, -0.2) is 0 Å². The van der Waals surface area contributed by atoms with Crippen molar-refractivity contribution in [2.45, 2.75) is 112 Å². The van der Waals surface area contributed by atoms with Gasteiger partial charge in [0.2, 0.25) is 0 Å². The maximum absolute atomic E-state index is 13.4. The molecule has 0 bridgehead atoms. The zero-order chi connectivity index (χ0) is 26.5. The summed E-state index contributed by atoms with van der Waals surface area (Å²) in [4.78, 5) is 25.8. The van der Waals surface area contributed by atoms with E-state index in [1.807, 2.05) is 6.92 Å². The third kappa shape index (κ3) is 3.02. The number of aldehydes is 1. The Bertz CT molecular complexity index is 985. The molecular weight excluding hydrogens is 452 g/mol. The molecule has 5 nitrogen and oxygen atoms in total. The molecule has 0 heterocycles. The highest BCUT2D eigenvalue weighted by atomic mass is 16.5. The quantitative estimate of drug-likeness (QED) is 0.298. The van der Waals surface area contributed by atoms with Crippen molar-refractivity contribution in [1.29, 1.82) is 0 Å². The third-order valence-electron chi connectivity index (χ3n) is 13.2. The number of rotatable bonds is 2. The molecule has 0 unspecified atom stereocenters. The van der Waals surface area contributed by atoms with Gasteiger partial charge in [0.15, 0.2) is 0 Å². The van der Waals surface area contributed by atoms with E-state index < -0.39 is 23.0 Å². The van der Waals surface area contributed by atoms with E-state index in [4.69, 9.17) is 4.74 Å². The first-order valence-electron chi connectivity index (χ1n) is 14.3. The van der Waals surface area contributed by atoms with Crippen LogP contribution < -0.4 is 0 Å². The smallest absolute Gasteiger partial charge is 0.315 e. The van der Waals surface area contributed by atoms with Crippen molar-refractivity contribution in [2.24, 2.45) is 50.2 Å². The van der Waals surface area contributed by atoms with E-state index in [1.165, 1.54) is 12.7 Å². The summed E-state index contributed by atoms with van der Waals surface area (Å²) < 4.78 is 5.38. The summed E-state index contributed by atoms with van der Waals surface area (Å²) in [5, 5.41) is 22.8. The molecule has 4 fully saturated rings. The van der Waals surface area contributed by atoms with Gasteiger partial charge in [0.05, 0.1) is 24.7 Å². The molecule has 202 valence electrons. The fourth-order valence-electron chi connectivity index (χ4n) is 10.8. The van der Waals surface area contributed by atoms with Crippen LogP contribution in [0.1, 0.15) is 99.3 Å². The van der Waals surface area contributed by atoms with Gasteiger partial charge in [0.1, 0.15) is 11.7 Å². The maximum Gasteiger partial charge on any atom is 0.315 e. The molecule has 0 spiro atoms. The fourth-order valence-corrected chi connectivity index (χ4v) is 10.8. The summed E-state index contributed by atoms with van der Waals surface area (Å²) in [5.41, 5.74) is -0.426. The number of hydrogen-bond acceptors (Lipinski definition) is 5. The van der Waals surface area contributed by atoms with Crippen LogP contribution in [0, 0.1) is 50.2 Å². The van der Waals surface area contributed by atoms with E-state index in [0.29, 0.717) is 25.2 Å². The molecule has 0 aliphatic heterocycles. The first-order valence-corrected chi connectivity index (χ1v) is 14.3. The molecule has 0 aromatic heterocycles. The molecule has 5 aliphatic rings. The Balaban J connectivity index is 1.63. The Morgan fingerprint density at radius 1 is 0.944 bits per heavy atom. The fraction of sp³-hybridized carbons (Fsp3) is 0.871. The second-order valence-electron chi connectivity index (χ2n) is 15.0. The molecule has 0 amide bonds. The number of aliphatic hydroxyl groups excluding tert-OH is 2. The number of ether oxygens (including phenoxy) is 1. The zero-order valence-corrected chi connectivity index (χ0v) is 23.5. The van der Waals surface area contributed by atoms with E-state index >= 15 is 0 Å². The Labute approximate surface area is 217 Å². The predicted octanol–water partition coefficient (Wildman–Crippen LogP) is 5.47. The van der Waals surface area contributed by atoms with Gasteiger partial charge in [0, 0.05) is 0 Å². The first kappa shape index (κ1) is 26.4. The maximum atomic E-state index is 13.4. The summed E-state index contributed by atoms with van der Waals surface area (Å²) in [7, 11) is 1.46. The van der Waals surface area contributed by atoms with Gasteiger partial charge in [-0.1, -0.05) is 53.2 Å². The number of hydrogen-bond donors (Lipinski definition) is 2. The van der Waals surface area contributed by atoms with Crippen molar-refractivity contribution in [2.75, 3.05) is 7.11 Å². The Morgan fingerprint density at radius 3 is 2.28 bits per heavy atom. The summed E-state index contributed by atoms with van der Waals surface area (Å²) in [5.74, 6) is 0.251. The van der Waals surface area contributed by atoms with Gasteiger partial charge in [-0.15, -0.1) is 0 Å². The molecular formula is C31H48O5. The summed E-state index contributed by atoms with van der Waals surface area (Å²) in [6.07, 6.45) is 9.60. The Hall–Kier alpha value is -1.20. The molecule has 0 radical (unpaired) electrons. The average molecular weight is 501 g/mol. The van der Waals surface area contributed by atoms with Crippen molar-refractivity contribution < 1.29 is 24.5 Å². The molecule has 0 saturated heterocycles. The van der Waals surface area contributed by atoms with Crippen LogP contribution in [0.2, 0.25) is 0 Å². The molecule has 5 aliphatic carbocycles. The van der Waals surface area contributed by atoms with E-state index in [1.54, 1.807) is 0 Å². The number of aliphatic hydroxyl groups is 2. The van der Waals surface area contributed by atoms with Crippen molar-refractivity contribution in [3.63, 3.8) is 0 Å². The molecule has 4 saturated carbocycles. The highest BCUT2D eigenvalue weighted by molar-refractivity contribution is 5.79. The predicted molar refractivity (Wildman–Crippen MR) is 139 cm³/mol. The van der Waals surface area contributed by atoms with E-state index in [0.717, 1.165) is 44.8 Å². The van der Waals surface area contributed by atoms with E-state index in [-0.39, 0.29) is 39.5 Å². The van der Waals surface area contributed by atoms with Crippen molar-refractivity contribution in [3.05, 3.63) is 11.6 Å². The Kier molecular flexibility index (Phi) is 5.80. The second kappa shape index (κ2) is 7.91. The topological polar surface area (TPSA) is 83.8 Å². The normalized spacial score (nSPS) is 53.6. The number of esters is 1. The van der Waals surface area contributed by atoms with Gasteiger partial charge in [0.25, 0.3) is 0 Å². The van der Waals surface area contributed by atoms with Crippen LogP contribution in [-0.4, -0.2) is 41.8 Å². The SMILES string of the molecule is COC(=O)[C@]12CCC(C)(C)C[C@H]1C1=CC[C@H]3[C@@]4(C)CC[C@H](O)[C@@](C)(C=O)[C@H]4CC[C@@]3(C)[C@]1(C)C[C@H]2O. The van der Waals surface area contributed by atoms with Gasteiger partial charge in [-0.3, -0.25) is 4.79 Å². The minimum Gasteiger partial charge on any atom is -0.468 e. The minimum atomic E-state index is -0.856. The summed E-state index contributed by atoms with van der Waals surface area (Å²) in [6, 6.07) is 0. The third-order valence-corrected chi connectivity index (χ3v) is 13.2. The standard InChI is InChI=1S/C31H48O5/c1-26(2)14-15-31(25(35)36-7)20(16-26)19-8-9-22-27(3)12-11-23(33)28(4,18-32)21(27)10-13-29(22,5)30(19,6)17-24(31)34/h8,18,20-24,33-34H,9-17H2,1-7H3/t20-,21-,22-,23-,24+,27-,28-,29+,30+,31+/m0/s1. The minimum absolute atomic E-state index is 0.0147. The molecule has 5 rings (SSSR count). The van der Waals surface area contributed by atoms with E-state index in [9.17, 15) is 19.8 Å². The molecule has 2 N–H and O–H groups in total. The largest absolute Gasteiger partial charge is 0.468 e. The lowest BCUT2D eigenvalue weighted by Crippen LogP contribution is -2.68. The summed E-state index contributed by atoms with van der Waals surface area (Å²) >= 11 is 0. The van der Waals surface area contributed by atoms with Gasteiger partial charge >= 0.3 is 5.97 Å². The lowest BCUT2D eigenvalue weighted by molar-refractivity contribution is -0.218. The number of carbonyl (C=O) groups excluding carboxylic acids is 2. The van der Waals surface area contributed by atoms with Gasteiger partial charge < -0.3 is 19.7 Å². The lowest BCUT2D eigenvalue weighted by atomic mass is 9.33. The number of fused-ring (bicyclic) bond motifs is 7. The second-order valence-corrected chi connectivity index (χ2v) is 15.0. The van der Waals surface area contributed by atoms with Crippen molar-refractivity contribution >= 4 is 12.3 Å². The number of carbonyl (C=O) groups is 2. The first-order chi connectivity index (χ1) is 16.7. The van der Waals surface area contributed by atoms with Gasteiger partial charge in [-0.05, 0) is 97.2 Å². The van der Waals surface area contributed by atoms with Crippen LogP contribution in [0.3, 0.4) is 0 Å². The van der Waals surface area contributed by atoms with Crippen LogP contribution in [0.5, 0.6) is 0 Å². The highest BCUT2D eigenvalue weighted by Crippen LogP contribution is 2.75. The summed E-state index contributed by atoms with van der Waals surface area (Å²) in [6.45, 7) is 13.7. The molecule has 5 heteroatoms. The monoisotopic (exact) mass is 500 g/mol. The van der Waals surface area contributed by atoms with Crippen LogP contribution in [0.4, 0.5) is 0 Å². The lowest BCUT2D eigenvalue weighted by Gasteiger charge is -2.71. The molecule has 36 heavy (non-hydrogen) atoms. The number of allylic oxidation sites excluding steroid dienone is 2. The van der Waals surface area contributed by atoms with E-state index in [2.05, 4.69) is 40.7 Å². The average Bonchev–Trinajstić information content (AvgIpc) is 2.81. The number of methoxy groups -OCH3 is 1. The van der Waals surface area contributed by atoms with Crippen LogP contribution >= 0.6 is 0 Å². The van der Waals surface area contributed by atoms with Crippen molar-refractivity contribution in [1.82, 2.24) is 0 Å². The zero-order valence-electron chi connectivity index (χ0n) is 23.5. The Morgan fingerprint density at radius 2 is 1.64 bits per heavy atom. The highest BCUT2D eigenvalue weighted by Gasteiger charge is 2.71. The van der Waals surface area contributed by atoms with Crippen LogP contribution in [0.25, 0.3) is 0 Å². The molecule has 10 atom stereocenters. The van der Waals surface area contributed by atoms with Crippen molar-refractivity contribution in [3.8, 4) is 0 Å². The van der Waals surface area contributed by atoms with Gasteiger partial charge in [-0.2, -0.15) is 0 Å².